The summed E-state index contributed by atoms with van der Waals surface area (Å²) in [5, 5.41) is 4.03. The zero-order chi connectivity index (χ0) is 17.8. The Morgan fingerprint density at radius 1 is 1.04 bits per heavy atom. The molecule has 0 aliphatic carbocycles. The maximum absolute atomic E-state index is 5.37. The summed E-state index contributed by atoms with van der Waals surface area (Å²) in [5.41, 5.74) is 1.86. The molecule has 0 radical (unpaired) electrons. The van der Waals surface area contributed by atoms with Gasteiger partial charge in [0.1, 0.15) is 5.82 Å². The molecule has 3 rings (SSSR count). The Morgan fingerprint density at radius 2 is 1.80 bits per heavy atom. The number of pyridine rings is 1. The topological polar surface area (TPSA) is 84.1 Å². The summed E-state index contributed by atoms with van der Waals surface area (Å²) < 4.78 is 5.37. The van der Waals surface area contributed by atoms with E-state index in [4.69, 9.17) is 4.52 Å². The molecule has 3 aromatic heterocycles. The number of hydrogen-bond acceptors (Lipinski definition) is 8. The summed E-state index contributed by atoms with van der Waals surface area (Å²) in [4.78, 5) is 21.4. The molecular weight excluding hydrogens is 318 g/mol. The van der Waals surface area contributed by atoms with Crippen molar-refractivity contribution in [1.29, 1.82) is 0 Å². The van der Waals surface area contributed by atoms with Crippen LogP contribution < -0.4 is 9.80 Å². The fourth-order valence-electron chi connectivity index (χ4n) is 2.27. The molecular formula is C17H21N7O. The maximum Gasteiger partial charge on any atom is 0.246 e. The van der Waals surface area contributed by atoms with Crippen molar-refractivity contribution in [3.63, 3.8) is 0 Å². The summed E-state index contributed by atoms with van der Waals surface area (Å²) in [7, 11) is 5.80. The molecule has 130 valence electrons. The SMILES string of the molecule is CCc1cc(N(C)Cc2nc(-c3ccncc3)no2)nc(N(C)C)n1. The standard InChI is InChI=1S/C17H21N7O/c1-5-13-10-14(20-17(19-13)23(2)3)24(4)11-15-21-16(22-25-15)12-6-8-18-9-7-12/h6-10H,5,11H2,1-4H3. The molecule has 0 fully saturated rings. The minimum absolute atomic E-state index is 0.463. The number of nitrogens with zero attached hydrogens (tertiary/aromatic N) is 7. The predicted octanol–water partition coefficient (Wildman–Crippen LogP) is 2.19. The smallest absolute Gasteiger partial charge is 0.246 e. The van der Waals surface area contributed by atoms with E-state index in [2.05, 4.69) is 32.0 Å². The molecule has 0 saturated heterocycles. The van der Waals surface area contributed by atoms with Crippen molar-refractivity contribution >= 4 is 11.8 Å². The van der Waals surface area contributed by atoms with E-state index in [0.29, 0.717) is 24.2 Å². The van der Waals surface area contributed by atoms with E-state index in [1.807, 2.05) is 49.1 Å². The highest BCUT2D eigenvalue weighted by Crippen LogP contribution is 2.19. The van der Waals surface area contributed by atoms with E-state index in [0.717, 1.165) is 23.5 Å². The van der Waals surface area contributed by atoms with Crippen LogP contribution in [0.5, 0.6) is 0 Å². The van der Waals surface area contributed by atoms with Crippen molar-refractivity contribution < 1.29 is 4.52 Å². The molecule has 0 atom stereocenters. The van der Waals surface area contributed by atoms with Crippen molar-refractivity contribution in [1.82, 2.24) is 25.1 Å². The lowest BCUT2D eigenvalue weighted by atomic mass is 10.2. The Bertz CT molecular complexity index is 832. The van der Waals surface area contributed by atoms with Crippen LogP contribution in [0.4, 0.5) is 11.8 Å². The molecule has 25 heavy (non-hydrogen) atoms. The van der Waals surface area contributed by atoms with Crippen molar-refractivity contribution in [3.8, 4) is 11.4 Å². The number of aromatic nitrogens is 5. The van der Waals surface area contributed by atoms with E-state index in [1.54, 1.807) is 12.4 Å². The van der Waals surface area contributed by atoms with Crippen LogP contribution in [-0.4, -0.2) is 46.2 Å². The van der Waals surface area contributed by atoms with Crippen LogP contribution in [0.3, 0.4) is 0 Å². The first-order valence-corrected chi connectivity index (χ1v) is 8.06. The molecule has 0 aliphatic heterocycles. The molecule has 0 unspecified atom stereocenters. The lowest BCUT2D eigenvalue weighted by molar-refractivity contribution is 0.378. The Labute approximate surface area is 146 Å². The zero-order valence-electron chi connectivity index (χ0n) is 14.8. The minimum atomic E-state index is 0.463. The van der Waals surface area contributed by atoms with Gasteiger partial charge in [-0.1, -0.05) is 12.1 Å². The molecule has 0 saturated carbocycles. The van der Waals surface area contributed by atoms with E-state index in [1.165, 1.54) is 0 Å². The average molecular weight is 339 g/mol. The van der Waals surface area contributed by atoms with Crippen LogP contribution in [0.25, 0.3) is 11.4 Å². The van der Waals surface area contributed by atoms with Crippen molar-refractivity contribution in [2.24, 2.45) is 0 Å². The molecule has 0 N–H and O–H groups in total. The van der Waals surface area contributed by atoms with Gasteiger partial charge in [0.2, 0.25) is 17.7 Å². The van der Waals surface area contributed by atoms with Crippen LogP contribution in [0, 0.1) is 0 Å². The Hall–Kier alpha value is -3.03. The normalized spacial score (nSPS) is 10.7. The number of hydrogen-bond donors (Lipinski definition) is 0. The van der Waals surface area contributed by atoms with Crippen molar-refractivity contribution in [2.75, 3.05) is 30.9 Å². The maximum atomic E-state index is 5.37. The van der Waals surface area contributed by atoms with Crippen LogP contribution in [0.15, 0.2) is 35.1 Å². The van der Waals surface area contributed by atoms with Crippen molar-refractivity contribution in [2.45, 2.75) is 19.9 Å². The van der Waals surface area contributed by atoms with Gasteiger partial charge < -0.3 is 14.3 Å². The van der Waals surface area contributed by atoms with Gasteiger partial charge in [-0.05, 0) is 18.6 Å². The summed E-state index contributed by atoms with van der Waals surface area (Å²) in [5.74, 6) is 2.58. The van der Waals surface area contributed by atoms with Crippen LogP contribution in [-0.2, 0) is 13.0 Å². The Morgan fingerprint density at radius 3 is 2.48 bits per heavy atom. The molecule has 3 aromatic rings. The van der Waals surface area contributed by atoms with E-state index < -0.39 is 0 Å². The molecule has 8 heteroatoms. The summed E-state index contributed by atoms with van der Waals surface area (Å²) >= 11 is 0. The Balaban J connectivity index is 1.80. The van der Waals surface area contributed by atoms with Gasteiger partial charge in [0.15, 0.2) is 0 Å². The van der Waals surface area contributed by atoms with Crippen LogP contribution in [0.1, 0.15) is 18.5 Å². The molecule has 0 bridgehead atoms. The number of aryl methyl sites for hydroxylation is 1. The van der Waals surface area contributed by atoms with Crippen LogP contribution >= 0.6 is 0 Å². The average Bonchev–Trinajstić information content (AvgIpc) is 3.10. The lowest BCUT2D eigenvalue weighted by Gasteiger charge is -2.19. The van der Waals surface area contributed by atoms with Crippen LogP contribution in [0.2, 0.25) is 0 Å². The monoisotopic (exact) mass is 339 g/mol. The molecule has 0 aliphatic rings. The molecule has 0 aromatic carbocycles. The largest absolute Gasteiger partial charge is 0.350 e. The first-order valence-electron chi connectivity index (χ1n) is 8.06. The molecule has 3 heterocycles. The quantitative estimate of drug-likeness (QED) is 0.676. The highest BCUT2D eigenvalue weighted by molar-refractivity contribution is 5.52. The highest BCUT2D eigenvalue weighted by Gasteiger charge is 2.14. The summed E-state index contributed by atoms with van der Waals surface area (Å²) in [6, 6.07) is 5.67. The minimum Gasteiger partial charge on any atom is -0.350 e. The third-order valence-electron chi connectivity index (χ3n) is 3.69. The second kappa shape index (κ2) is 7.25. The predicted molar refractivity (Wildman–Crippen MR) is 95.4 cm³/mol. The van der Waals surface area contributed by atoms with E-state index >= 15 is 0 Å². The molecule has 0 amide bonds. The third-order valence-corrected chi connectivity index (χ3v) is 3.69. The van der Waals surface area contributed by atoms with Crippen molar-refractivity contribution in [3.05, 3.63) is 42.2 Å². The van der Waals surface area contributed by atoms with Gasteiger partial charge in [-0.2, -0.15) is 9.97 Å². The van der Waals surface area contributed by atoms with Gasteiger partial charge in [0.05, 0.1) is 6.54 Å². The van der Waals surface area contributed by atoms with E-state index in [-0.39, 0.29) is 0 Å². The second-order valence-corrected chi connectivity index (χ2v) is 5.87. The van der Waals surface area contributed by atoms with Gasteiger partial charge in [-0.15, -0.1) is 0 Å². The molecule has 8 nitrogen and oxygen atoms in total. The van der Waals surface area contributed by atoms with Gasteiger partial charge in [0.25, 0.3) is 0 Å². The fourth-order valence-corrected chi connectivity index (χ4v) is 2.27. The third kappa shape index (κ3) is 3.90. The van der Waals surface area contributed by atoms with Gasteiger partial charge in [-0.3, -0.25) is 4.98 Å². The first-order chi connectivity index (χ1) is 12.1. The number of anilines is 2. The molecule has 0 spiro atoms. The van der Waals surface area contributed by atoms with Gasteiger partial charge >= 0.3 is 0 Å². The number of rotatable bonds is 6. The van der Waals surface area contributed by atoms with Gasteiger partial charge in [-0.25, -0.2) is 4.98 Å². The van der Waals surface area contributed by atoms with Gasteiger partial charge in [0, 0.05) is 50.9 Å². The first kappa shape index (κ1) is 16.8. The lowest BCUT2D eigenvalue weighted by Crippen LogP contribution is -2.21. The second-order valence-electron chi connectivity index (χ2n) is 5.87. The highest BCUT2D eigenvalue weighted by atomic mass is 16.5. The fraction of sp³-hybridized carbons (Fsp3) is 0.353. The summed E-state index contributed by atoms with van der Waals surface area (Å²) in [6.07, 6.45) is 4.25. The summed E-state index contributed by atoms with van der Waals surface area (Å²) in [6.45, 7) is 2.54. The van der Waals surface area contributed by atoms with E-state index in [9.17, 15) is 0 Å². The zero-order valence-corrected chi connectivity index (χ0v) is 14.8. The Kier molecular flexibility index (Phi) is 4.87.